The van der Waals surface area contributed by atoms with Crippen molar-refractivity contribution < 1.29 is 5.21 Å². The third-order valence-electron chi connectivity index (χ3n) is 3.09. The molecule has 18 heavy (non-hydrogen) atoms. The number of anilines is 1. The van der Waals surface area contributed by atoms with E-state index in [1.807, 2.05) is 48.5 Å². The minimum atomic E-state index is 0.576. The van der Waals surface area contributed by atoms with Gasteiger partial charge in [-0.15, -0.1) is 0 Å². The number of rotatable bonds is 1. The molecule has 0 fully saturated rings. The van der Waals surface area contributed by atoms with Crippen LogP contribution in [-0.2, 0) is 0 Å². The molecule has 0 aliphatic carbocycles. The molecule has 0 bridgehead atoms. The van der Waals surface area contributed by atoms with Crippen molar-refractivity contribution in [3.8, 4) is 0 Å². The minimum Gasteiger partial charge on any atom is -0.284 e. The predicted molar refractivity (Wildman–Crippen MR) is 73.4 cm³/mol. The summed E-state index contributed by atoms with van der Waals surface area (Å²) in [6, 6.07) is 17.9. The summed E-state index contributed by atoms with van der Waals surface area (Å²) in [4.78, 5) is 0. The quantitative estimate of drug-likeness (QED) is 0.811. The Hall–Kier alpha value is -2.32. The Morgan fingerprint density at radius 3 is 2.33 bits per heavy atom. The fourth-order valence-electron chi connectivity index (χ4n) is 2.20. The van der Waals surface area contributed by atoms with Crippen LogP contribution in [0.2, 0.25) is 0 Å². The van der Waals surface area contributed by atoms with Gasteiger partial charge in [-0.05, 0) is 23.3 Å². The van der Waals surface area contributed by atoms with Crippen molar-refractivity contribution in [1.29, 1.82) is 0 Å². The topological polar surface area (TPSA) is 23.5 Å². The molecule has 0 saturated heterocycles. The van der Waals surface area contributed by atoms with Crippen molar-refractivity contribution in [1.82, 2.24) is 0 Å². The van der Waals surface area contributed by atoms with Crippen LogP contribution in [0.3, 0.4) is 0 Å². The predicted octanol–water partition coefficient (Wildman–Crippen LogP) is 3.84. The molecular weight excluding hydrogens is 222 g/mol. The smallest absolute Gasteiger partial charge is 0.0771 e. The average Bonchev–Trinajstić information content (AvgIpc) is 2.44. The maximum absolute atomic E-state index is 9.98. The van der Waals surface area contributed by atoms with Gasteiger partial charge in [0, 0.05) is 5.56 Å². The monoisotopic (exact) mass is 235 g/mol. The molecule has 0 aromatic heterocycles. The van der Waals surface area contributed by atoms with E-state index in [-0.39, 0.29) is 0 Å². The van der Waals surface area contributed by atoms with E-state index in [4.69, 9.17) is 0 Å². The van der Waals surface area contributed by atoms with Crippen LogP contribution in [0.1, 0.15) is 11.1 Å². The summed E-state index contributed by atoms with van der Waals surface area (Å²) in [7, 11) is 0. The highest BCUT2D eigenvalue weighted by atomic mass is 16.5. The molecule has 2 aromatic carbocycles. The third kappa shape index (κ3) is 1.63. The van der Waals surface area contributed by atoms with Gasteiger partial charge in [0.15, 0.2) is 0 Å². The molecule has 0 radical (unpaired) electrons. The van der Waals surface area contributed by atoms with Crippen molar-refractivity contribution in [3.05, 3.63) is 84.1 Å². The molecule has 0 spiro atoms. The molecule has 1 N–H and O–H groups in total. The molecule has 2 aromatic rings. The zero-order chi connectivity index (χ0) is 12.5. The second kappa shape index (κ2) is 4.17. The normalized spacial score (nSPS) is 14.2. The van der Waals surface area contributed by atoms with Crippen molar-refractivity contribution in [2.24, 2.45) is 0 Å². The first-order valence-corrected chi connectivity index (χ1v) is 5.82. The van der Waals surface area contributed by atoms with E-state index in [2.05, 4.69) is 18.7 Å². The largest absolute Gasteiger partial charge is 0.284 e. The van der Waals surface area contributed by atoms with Crippen LogP contribution in [0.5, 0.6) is 0 Å². The van der Waals surface area contributed by atoms with E-state index < -0.39 is 0 Å². The number of hydrogen-bond acceptors (Lipinski definition) is 2. The molecule has 1 aliphatic heterocycles. The van der Waals surface area contributed by atoms with Crippen LogP contribution in [0.15, 0.2) is 72.9 Å². The second-order valence-electron chi connectivity index (χ2n) is 4.24. The lowest BCUT2D eigenvalue weighted by atomic mass is 9.93. The fraction of sp³-hybridized carbons (Fsp3) is 0. The van der Waals surface area contributed by atoms with Gasteiger partial charge in [-0.1, -0.05) is 55.1 Å². The van der Waals surface area contributed by atoms with Crippen molar-refractivity contribution in [2.75, 3.05) is 5.06 Å². The van der Waals surface area contributed by atoms with Gasteiger partial charge in [0.05, 0.1) is 11.4 Å². The Morgan fingerprint density at radius 1 is 0.889 bits per heavy atom. The number of hydrogen-bond donors (Lipinski definition) is 1. The number of nitrogens with zero attached hydrogens (tertiary/aromatic N) is 1. The Labute approximate surface area is 106 Å². The third-order valence-corrected chi connectivity index (χ3v) is 3.09. The molecule has 0 unspecified atom stereocenters. The Balaban J connectivity index is 2.21. The van der Waals surface area contributed by atoms with Gasteiger partial charge in [-0.25, -0.2) is 5.06 Å². The van der Waals surface area contributed by atoms with Crippen molar-refractivity contribution in [2.45, 2.75) is 0 Å². The maximum atomic E-state index is 9.98. The molecule has 88 valence electrons. The van der Waals surface area contributed by atoms with Crippen molar-refractivity contribution >= 4 is 11.3 Å². The van der Waals surface area contributed by atoms with E-state index in [0.717, 1.165) is 27.5 Å². The van der Waals surface area contributed by atoms with E-state index in [1.165, 1.54) is 0 Å². The summed E-state index contributed by atoms with van der Waals surface area (Å²) in [5.41, 5.74) is 4.57. The number of benzene rings is 2. The Morgan fingerprint density at radius 2 is 1.56 bits per heavy atom. The summed E-state index contributed by atoms with van der Waals surface area (Å²) in [6.45, 7) is 3.87. The lowest BCUT2D eigenvalue weighted by molar-refractivity contribution is 0.287. The van der Waals surface area contributed by atoms with Crippen LogP contribution >= 0.6 is 0 Å². The first-order valence-electron chi connectivity index (χ1n) is 5.82. The summed E-state index contributed by atoms with van der Waals surface area (Å²) >= 11 is 0. The first kappa shape index (κ1) is 10.8. The first-order chi connectivity index (χ1) is 8.77. The summed E-state index contributed by atoms with van der Waals surface area (Å²) in [5, 5.41) is 11.1. The molecule has 1 aliphatic rings. The summed E-state index contributed by atoms with van der Waals surface area (Å²) in [5.74, 6) is 0. The SMILES string of the molecule is C=C1C=C(c2ccccc2)c2ccccc2N1O. The molecule has 0 saturated carbocycles. The standard InChI is InChI=1S/C16H13NO/c1-12-11-15(13-7-3-2-4-8-13)14-9-5-6-10-16(14)17(12)18/h2-11,18H,1H2. The average molecular weight is 235 g/mol. The van der Waals surface area contributed by atoms with E-state index >= 15 is 0 Å². The lowest BCUT2D eigenvalue weighted by Gasteiger charge is -2.27. The molecular formula is C16H13NO. The summed E-state index contributed by atoms with van der Waals surface area (Å²) < 4.78 is 0. The van der Waals surface area contributed by atoms with E-state index in [9.17, 15) is 5.21 Å². The number of allylic oxidation sites excluding steroid dienone is 1. The molecule has 1 heterocycles. The highest BCUT2D eigenvalue weighted by molar-refractivity contribution is 5.91. The van der Waals surface area contributed by atoms with Crippen LogP contribution in [-0.4, -0.2) is 5.21 Å². The molecule has 2 nitrogen and oxygen atoms in total. The molecule has 2 heteroatoms. The maximum Gasteiger partial charge on any atom is 0.0771 e. The number of fused-ring (bicyclic) bond motifs is 1. The second-order valence-corrected chi connectivity index (χ2v) is 4.24. The van der Waals surface area contributed by atoms with Gasteiger partial charge < -0.3 is 0 Å². The van der Waals surface area contributed by atoms with Crippen LogP contribution in [0.25, 0.3) is 5.57 Å². The Bertz CT molecular complexity index is 629. The molecule has 0 atom stereocenters. The number of hydroxylamine groups is 1. The van der Waals surface area contributed by atoms with Gasteiger partial charge in [0.25, 0.3) is 0 Å². The van der Waals surface area contributed by atoms with Gasteiger partial charge >= 0.3 is 0 Å². The number of para-hydroxylation sites is 1. The Kier molecular flexibility index (Phi) is 2.50. The summed E-state index contributed by atoms with van der Waals surface area (Å²) in [6.07, 6.45) is 1.90. The van der Waals surface area contributed by atoms with Crippen LogP contribution < -0.4 is 5.06 Å². The minimum absolute atomic E-state index is 0.576. The molecule has 3 rings (SSSR count). The van der Waals surface area contributed by atoms with Crippen LogP contribution in [0.4, 0.5) is 5.69 Å². The van der Waals surface area contributed by atoms with E-state index in [0.29, 0.717) is 5.70 Å². The highest BCUT2D eigenvalue weighted by Gasteiger charge is 2.20. The van der Waals surface area contributed by atoms with E-state index in [1.54, 1.807) is 0 Å². The van der Waals surface area contributed by atoms with Gasteiger partial charge in [-0.3, -0.25) is 5.21 Å². The van der Waals surface area contributed by atoms with Crippen LogP contribution in [0, 0.1) is 0 Å². The highest BCUT2D eigenvalue weighted by Crippen LogP contribution is 2.37. The van der Waals surface area contributed by atoms with Gasteiger partial charge in [-0.2, -0.15) is 0 Å². The van der Waals surface area contributed by atoms with Gasteiger partial charge in [0.2, 0.25) is 0 Å². The van der Waals surface area contributed by atoms with Gasteiger partial charge in [0.1, 0.15) is 0 Å². The zero-order valence-corrected chi connectivity index (χ0v) is 9.88. The van der Waals surface area contributed by atoms with Crippen molar-refractivity contribution in [3.63, 3.8) is 0 Å². The molecule has 0 amide bonds. The fourth-order valence-corrected chi connectivity index (χ4v) is 2.20. The zero-order valence-electron chi connectivity index (χ0n) is 9.88. The lowest BCUT2D eigenvalue weighted by Crippen LogP contribution is -2.20.